The van der Waals surface area contributed by atoms with Crippen LogP contribution in [0.15, 0.2) is 28.7 Å². The summed E-state index contributed by atoms with van der Waals surface area (Å²) in [6.07, 6.45) is -2.49. The molecule has 0 amide bonds. The summed E-state index contributed by atoms with van der Waals surface area (Å²) in [6, 6.07) is 7.53. The normalized spacial score (nSPS) is 25.2. The lowest BCUT2D eigenvalue weighted by Gasteiger charge is -2.33. The molecule has 0 N–H and O–H groups in total. The summed E-state index contributed by atoms with van der Waals surface area (Å²) in [4.78, 5) is 0. The number of benzene rings is 1. The molecule has 5 heteroatoms. The molecule has 0 aromatic heterocycles. The van der Waals surface area contributed by atoms with E-state index >= 15 is 0 Å². The molecular weight excluding hydrogens is 333 g/mol. The van der Waals surface area contributed by atoms with Crippen LogP contribution in [0, 0.1) is 11.8 Å². The highest BCUT2D eigenvalue weighted by Gasteiger charge is 2.42. The smallest absolute Gasteiger partial charge is 0.391 e. The van der Waals surface area contributed by atoms with Gasteiger partial charge in [0.1, 0.15) is 5.75 Å². The average molecular weight is 351 g/mol. The van der Waals surface area contributed by atoms with Crippen LogP contribution in [0.4, 0.5) is 13.2 Å². The van der Waals surface area contributed by atoms with Gasteiger partial charge in [0.15, 0.2) is 0 Å². The Morgan fingerprint density at radius 3 is 2.40 bits per heavy atom. The first kappa shape index (κ1) is 15.7. The Morgan fingerprint density at radius 1 is 1.20 bits per heavy atom. The molecule has 1 aliphatic carbocycles. The zero-order valence-electron chi connectivity index (χ0n) is 11.3. The summed E-state index contributed by atoms with van der Waals surface area (Å²) < 4.78 is 44.7. The second-order valence-corrected chi connectivity index (χ2v) is 6.35. The number of ether oxygens (including phenoxy) is 1. The van der Waals surface area contributed by atoms with Gasteiger partial charge in [-0.3, -0.25) is 0 Å². The van der Waals surface area contributed by atoms with E-state index in [0.717, 1.165) is 10.2 Å². The fourth-order valence-electron chi connectivity index (χ4n) is 2.77. The third-order valence-electron chi connectivity index (χ3n) is 4.02. The lowest BCUT2D eigenvalue weighted by atomic mass is 9.79. The molecule has 1 atom stereocenters. The molecule has 20 heavy (non-hydrogen) atoms. The lowest BCUT2D eigenvalue weighted by Crippen LogP contribution is -2.33. The third-order valence-corrected chi connectivity index (χ3v) is 4.51. The van der Waals surface area contributed by atoms with Crippen molar-refractivity contribution in [2.45, 2.75) is 44.9 Å². The van der Waals surface area contributed by atoms with Crippen molar-refractivity contribution < 1.29 is 17.9 Å². The van der Waals surface area contributed by atoms with Gasteiger partial charge in [-0.1, -0.05) is 22.0 Å². The second-order valence-electron chi connectivity index (χ2n) is 5.43. The Morgan fingerprint density at radius 2 is 1.85 bits per heavy atom. The highest BCUT2D eigenvalue weighted by atomic mass is 79.9. The Bertz CT molecular complexity index is 439. The predicted octanol–water partition coefficient (Wildman–Crippen LogP) is 5.59. The van der Waals surface area contributed by atoms with E-state index in [4.69, 9.17) is 4.74 Å². The third kappa shape index (κ3) is 4.14. The van der Waals surface area contributed by atoms with Crippen LogP contribution in [-0.2, 0) is 0 Å². The van der Waals surface area contributed by atoms with Gasteiger partial charge in [-0.15, -0.1) is 0 Å². The fourth-order valence-corrected chi connectivity index (χ4v) is 3.15. The molecule has 1 fully saturated rings. The average Bonchev–Trinajstić information content (AvgIpc) is 2.38. The maximum atomic E-state index is 12.6. The molecule has 1 aromatic carbocycles. The van der Waals surface area contributed by atoms with Crippen LogP contribution < -0.4 is 4.74 Å². The standard InChI is InChI=1S/C15H18BrF3O/c1-10(20-14-4-2-3-13(16)9-14)11-5-7-12(8-6-11)15(17,18)19/h2-4,9-12H,5-8H2,1H3. The van der Waals surface area contributed by atoms with Crippen LogP contribution in [0.3, 0.4) is 0 Å². The van der Waals surface area contributed by atoms with Gasteiger partial charge in [0, 0.05) is 4.47 Å². The van der Waals surface area contributed by atoms with Crippen molar-refractivity contribution in [1.29, 1.82) is 0 Å². The summed E-state index contributed by atoms with van der Waals surface area (Å²) in [6.45, 7) is 1.94. The van der Waals surface area contributed by atoms with E-state index in [0.29, 0.717) is 12.8 Å². The van der Waals surface area contributed by atoms with Gasteiger partial charge < -0.3 is 4.74 Å². The van der Waals surface area contributed by atoms with Crippen molar-refractivity contribution in [2.75, 3.05) is 0 Å². The van der Waals surface area contributed by atoms with E-state index in [1.54, 1.807) is 0 Å². The predicted molar refractivity (Wildman–Crippen MR) is 75.7 cm³/mol. The van der Waals surface area contributed by atoms with Crippen molar-refractivity contribution in [2.24, 2.45) is 11.8 Å². The summed E-state index contributed by atoms with van der Waals surface area (Å²) in [5, 5.41) is 0. The Balaban J connectivity index is 1.87. The van der Waals surface area contributed by atoms with Crippen molar-refractivity contribution in [3.63, 3.8) is 0 Å². The van der Waals surface area contributed by atoms with E-state index in [1.807, 2.05) is 31.2 Å². The summed E-state index contributed by atoms with van der Waals surface area (Å²) >= 11 is 3.37. The Labute approximate surface area is 125 Å². The fraction of sp³-hybridized carbons (Fsp3) is 0.600. The largest absolute Gasteiger partial charge is 0.490 e. The number of halogens is 4. The lowest BCUT2D eigenvalue weighted by molar-refractivity contribution is -0.185. The van der Waals surface area contributed by atoms with Crippen LogP contribution in [0.5, 0.6) is 5.75 Å². The van der Waals surface area contributed by atoms with Crippen LogP contribution in [-0.4, -0.2) is 12.3 Å². The topological polar surface area (TPSA) is 9.23 Å². The van der Waals surface area contributed by atoms with Gasteiger partial charge in [0.05, 0.1) is 12.0 Å². The SMILES string of the molecule is CC(Oc1cccc(Br)c1)C1CCC(C(F)(F)F)CC1. The zero-order valence-corrected chi connectivity index (χ0v) is 12.9. The molecule has 1 nitrogen and oxygen atoms in total. The van der Waals surface area contributed by atoms with Gasteiger partial charge >= 0.3 is 6.18 Å². The van der Waals surface area contributed by atoms with E-state index in [2.05, 4.69) is 15.9 Å². The van der Waals surface area contributed by atoms with Gasteiger partial charge in [-0.05, 0) is 56.7 Å². The highest BCUT2D eigenvalue weighted by Crippen LogP contribution is 2.40. The molecular formula is C15H18BrF3O. The van der Waals surface area contributed by atoms with E-state index < -0.39 is 12.1 Å². The number of rotatable bonds is 3. The molecule has 1 aliphatic rings. The van der Waals surface area contributed by atoms with Gasteiger partial charge in [0.25, 0.3) is 0 Å². The Hall–Kier alpha value is -0.710. The highest BCUT2D eigenvalue weighted by molar-refractivity contribution is 9.10. The summed E-state index contributed by atoms with van der Waals surface area (Å²) in [7, 11) is 0. The molecule has 112 valence electrons. The van der Waals surface area contributed by atoms with Gasteiger partial charge in [0.2, 0.25) is 0 Å². The first-order chi connectivity index (χ1) is 9.36. The minimum Gasteiger partial charge on any atom is -0.490 e. The van der Waals surface area contributed by atoms with E-state index in [1.165, 1.54) is 0 Å². The van der Waals surface area contributed by atoms with Crippen molar-refractivity contribution in [3.05, 3.63) is 28.7 Å². The molecule has 0 heterocycles. The zero-order chi connectivity index (χ0) is 14.8. The van der Waals surface area contributed by atoms with Crippen molar-refractivity contribution in [1.82, 2.24) is 0 Å². The molecule has 0 aliphatic heterocycles. The van der Waals surface area contributed by atoms with Crippen LogP contribution in [0.1, 0.15) is 32.6 Å². The molecule has 1 unspecified atom stereocenters. The van der Waals surface area contributed by atoms with Gasteiger partial charge in [-0.2, -0.15) is 13.2 Å². The monoisotopic (exact) mass is 350 g/mol. The minimum absolute atomic E-state index is 0.0570. The summed E-state index contributed by atoms with van der Waals surface area (Å²) in [5.74, 6) is -0.172. The van der Waals surface area contributed by atoms with Crippen LogP contribution >= 0.6 is 15.9 Å². The van der Waals surface area contributed by atoms with E-state index in [9.17, 15) is 13.2 Å². The molecule has 0 spiro atoms. The Kier molecular flexibility index (Phi) is 4.99. The quantitative estimate of drug-likeness (QED) is 0.690. The molecule has 1 aromatic rings. The van der Waals surface area contributed by atoms with Crippen LogP contribution in [0.25, 0.3) is 0 Å². The molecule has 0 radical (unpaired) electrons. The molecule has 2 rings (SSSR count). The maximum absolute atomic E-state index is 12.6. The van der Waals surface area contributed by atoms with Crippen LogP contribution in [0.2, 0.25) is 0 Å². The number of hydrogen-bond donors (Lipinski definition) is 0. The minimum atomic E-state index is -4.04. The van der Waals surface area contributed by atoms with Crippen molar-refractivity contribution >= 4 is 15.9 Å². The molecule has 1 saturated carbocycles. The number of hydrogen-bond acceptors (Lipinski definition) is 1. The second kappa shape index (κ2) is 6.37. The molecule has 0 bridgehead atoms. The first-order valence-corrected chi connectivity index (χ1v) is 7.64. The first-order valence-electron chi connectivity index (χ1n) is 6.85. The van der Waals surface area contributed by atoms with E-state index in [-0.39, 0.29) is 24.9 Å². The number of alkyl halides is 3. The maximum Gasteiger partial charge on any atom is 0.391 e. The molecule has 0 saturated heterocycles. The van der Waals surface area contributed by atoms with Crippen molar-refractivity contribution in [3.8, 4) is 5.75 Å². The van der Waals surface area contributed by atoms with Gasteiger partial charge in [-0.25, -0.2) is 0 Å². The summed E-state index contributed by atoms with van der Waals surface area (Å²) in [5.41, 5.74) is 0.